The van der Waals surface area contributed by atoms with E-state index in [2.05, 4.69) is 4.98 Å². The zero-order valence-electron chi connectivity index (χ0n) is 12.5. The van der Waals surface area contributed by atoms with Gasteiger partial charge in [-0.3, -0.25) is 4.98 Å². The van der Waals surface area contributed by atoms with Gasteiger partial charge in [0.15, 0.2) is 12.2 Å². The Hall–Kier alpha value is -1.99. The number of ether oxygens (including phenoxy) is 2. The van der Waals surface area contributed by atoms with Gasteiger partial charge in [0.1, 0.15) is 6.61 Å². The summed E-state index contributed by atoms with van der Waals surface area (Å²) < 4.78 is 9.86. The van der Waals surface area contributed by atoms with Crippen molar-refractivity contribution < 1.29 is 29.3 Å². The molecule has 22 heavy (non-hydrogen) atoms. The first-order chi connectivity index (χ1) is 10.6. The number of nitrogens with zero attached hydrogens (tertiary/aromatic N) is 1. The first kappa shape index (κ1) is 18.1. The van der Waals surface area contributed by atoms with Crippen molar-refractivity contribution in [1.29, 1.82) is 0 Å². The number of aliphatic hydroxyl groups excluding tert-OH is 2. The topological polar surface area (TPSA) is 106 Å². The number of hydrogen-bond donors (Lipinski definition) is 2. The lowest BCUT2D eigenvalue weighted by Crippen LogP contribution is -2.33. The minimum Gasteiger partial charge on any atom is -0.458 e. The molecule has 0 amide bonds. The number of esters is 2. The van der Waals surface area contributed by atoms with Crippen molar-refractivity contribution in [3.8, 4) is 0 Å². The Bertz CT molecular complexity index is 464. The van der Waals surface area contributed by atoms with Gasteiger partial charge < -0.3 is 19.7 Å². The molecule has 0 saturated carbocycles. The second-order valence-corrected chi connectivity index (χ2v) is 4.74. The number of rotatable bonds is 9. The van der Waals surface area contributed by atoms with Crippen LogP contribution in [0, 0.1) is 0 Å². The standard InChI is InChI=1S/C15H21NO6/c1-2-3-6-13(18)15(20)22-12(9-17)10-21-14(19)11-5-4-7-16-8-11/h4-5,7-8,12-13,17-18H,2-3,6,9-10H2,1H3. The molecule has 122 valence electrons. The third kappa shape index (κ3) is 6.19. The minimum absolute atomic E-state index is 0.258. The Morgan fingerprint density at radius 2 is 2.18 bits per heavy atom. The predicted molar refractivity (Wildman–Crippen MR) is 77.0 cm³/mol. The lowest BCUT2D eigenvalue weighted by molar-refractivity contribution is -0.163. The second kappa shape index (κ2) is 9.86. The maximum absolute atomic E-state index is 11.7. The zero-order valence-corrected chi connectivity index (χ0v) is 12.5. The Balaban J connectivity index is 2.41. The molecule has 0 fully saturated rings. The fourth-order valence-electron chi connectivity index (χ4n) is 1.62. The molecule has 0 aromatic carbocycles. The lowest BCUT2D eigenvalue weighted by Gasteiger charge is -2.17. The monoisotopic (exact) mass is 311 g/mol. The van der Waals surface area contributed by atoms with Crippen LogP contribution in [0.15, 0.2) is 24.5 Å². The third-order valence-electron chi connectivity index (χ3n) is 2.89. The highest BCUT2D eigenvalue weighted by atomic mass is 16.6. The fraction of sp³-hybridized carbons (Fsp3) is 0.533. The molecule has 1 aromatic heterocycles. The number of hydrogen-bond acceptors (Lipinski definition) is 7. The summed E-state index contributed by atoms with van der Waals surface area (Å²) in [7, 11) is 0. The molecule has 2 unspecified atom stereocenters. The molecule has 1 heterocycles. The summed E-state index contributed by atoms with van der Waals surface area (Å²) in [6, 6.07) is 3.12. The van der Waals surface area contributed by atoms with E-state index >= 15 is 0 Å². The smallest absolute Gasteiger partial charge is 0.339 e. The number of carbonyl (C=O) groups excluding carboxylic acids is 2. The summed E-state index contributed by atoms with van der Waals surface area (Å²) in [5, 5.41) is 18.7. The van der Waals surface area contributed by atoms with E-state index in [1.54, 1.807) is 6.07 Å². The van der Waals surface area contributed by atoms with Crippen molar-refractivity contribution in [1.82, 2.24) is 4.98 Å². The van der Waals surface area contributed by atoms with Crippen LogP contribution in [0.4, 0.5) is 0 Å². The number of aliphatic hydroxyl groups is 2. The van der Waals surface area contributed by atoms with E-state index in [0.29, 0.717) is 12.8 Å². The maximum Gasteiger partial charge on any atom is 0.339 e. The van der Waals surface area contributed by atoms with Crippen molar-refractivity contribution >= 4 is 11.9 Å². The Morgan fingerprint density at radius 3 is 2.77 bits per heavy atom. The molecule has 0 aliphatic heterocycles. The average molecular weight is 311 g/mol. The SMILES string of the molecule is CCCCC(O)C(=O)OC(CO)COC(=O)c1cccnc1. The van der Waals surface area contributed by atoms with Crippen molar-refractivity contribution in [2.45, 2.75) is 38.4 Å². The Labute approximate surface area is 128 Å². The number of pyridine rings is 1. The molecule has 7 nitrogen and oxygen atoms in total. The third-order valence-corrected chi connectivity index (χ3v) is 2.89. The first-order valence-electron chi connectivity index (χ1n) is 7.15. The summed E-state index contributed by atoms with van der Waals surface area (Å²) in [5.41, 5.74) is 0.258. The van der Waals surface area contributed by atoms with Gasteiger partial charge in [-0.25, -0.2) is 9.59 Å². The van der Waals surface area contributed by atoms with Gasteiger partial charge in [0, 0.05) is 12.4 Å². The predicted octanol–water partition coefficient (Wildman–Crippen LogP) is 0.694. The Morgan fingerprint density at radius 1 is 1.41 bits per heavy atom. The maximum atomic E-state index is 11.7. The van der Waals surface area contributed by atoms with E-state index in [-0.39, 0.29) is 12.2 Å². The highest BCUT2D eigenvalue weighted by Gasteiger charge is 2.22. The van der Waals surface area contributed by atoms with Crippen molar-refractivity contribution in [3.63, 3.8) is 0 Å². The van der Waals surface area contributed by atoms with E-state index in [1.807, 2.05) is 6.92 Å². The van der Waals surface area contributed by atoms with Gasteiger partial charge in [-0.1, -0.05) is 19.8 Å². The second-order valence-electron chi connectivity index (χ2n) is 4.74. The van der Waals surface area contributed by atoms with E-state index in [4.69, 9.17) is 14.6 Å². The van der Waals surface area contributed by atoms with Crippen molar-refractivity contribution in [2.24, 2.45) is 0 Å². The Kier molecular flexibility index (Phi) is 8.09. The molecule has 7 heteroatoms. The van der Waals surface area contributed by atoms with E-state index in [1.165, 1.54) is 18.5 Å². The fourth-order valence-corrected chi connectivity index (χ4v) is 1.62. The number of carbonyl (C=O) groups is 2. The van der Waals surface area contributed by atoms with Crippen LogP contribution in [0.5, 0.6) is 0 Å². The van der Waals surface area contributed by atoms with Gasteiger partial charge in [-0.2, -0.15) is 0 Å². The summed E-state index contributed by atoms with van der Waals surface area (Å²) in [4.78, 5) is 27.1. The summed E-state index contributed by atoms with van der Waals surface area (Å²) in [6.45, 7) is 1.13. The van der Waals surface area contributed by atoms with Crippen molar-refractivity contribution in [2.75, 3.05) is 13.2 Å². The van der Waals surface area contributed by atoms with Gasteiger partial charge in [0.25, 0.3) is 0 Å². The lowest BCUT2D eigenvalue weighted by atomic mass is 10.2. The molecule has 0 saturated heterocycles. The molecule has 0 radical (unpaired) electrons. The van der Waals surface area contributed by atoms with Gasteiger partial charge in [-0.05, 0) is 18.6 Å². The highest BCUT2D eigenvalue weighted by molar-refractivity contribution is 5.88. The number of unbranched alkanes of at least 4 members (excludes halogenated alkanes) is 1. The van der Waals surface area contributed by atoms with Crippen LogP contribution < -0.4 is 0 Å². The quantitative estimate of drug-likeness (QED) is 0.646. The normalized spacial score (nSPS) is 13.2. The van der Waals surface area contributed by atoms with Crippen molar-refractivity contribution in [3.05, 3.63) is 30.1 Å². The van der Waals surface area contributed by atoms with Gasteiger partial charge >= 0.3 is 11.9 Å². The summed E-state index contributed by atoms with van der Waals surface area (Å²) >= 11 is 0. The van der Waals surface area contributed by atoms with E-state index in [9.17, 15) is 14.7 Å². The van der Waals surface area contributed by atoms with Gasteiger partial charge in [0.2, 0.25) is 0 Å². The summed E-state index contributed by atoms with van der Waals surface area (Å²) in [5.74, 6) is -1.46. The average Bonchev–Trinajstić information content (AvgIpc) is 2.56. The molecular formula is C15H21NO6. The molecule has 2 atom stereocenters. The molecular weight excluding hydrogens is 290 g/mol. The van der Waals surface area contributed by atoms with Crippen LogP contribution in [0.25, 0.3) is 0 Å². The molecule has 0 bridgehead atoms. The summed E-state index contributed by atoms with van der Waals surface area (Å²) in [6.07, 6.45) is 2.45. The van der Waals surface area contributed by atoms with Crippen LogP contribution in [-0.2, 0) is 14.3 Å². The minimum atomic E-state index is -1.23. The van der Waals surface area contributed by atoms with Crippen LogP contribution in [0.2, 0.25) is 0 Å². The highest BCUT2D eigenvalue weighted by Crippen LogP contribution is 2.06. The molecule has 1 rings (SSSR count). The molecule has 0 aliphatic rings. The molecule has 0 aliphatic carbocycles. The van der Waals surface area contributed by atoms with E-state index in [0.717, 1.165) is 6.42 Å². The number of aromatic nitrogens is 1. The molecule has 2 N–H and O–H groups in total. The van der Waals surface area contributed by atoms with Crippen LogP contribution in [-0.4, -0.2) is 52.6 Å². The van der Waals surface area contributed by atoms with E-state index < -0.39 is 30.8 Å². The zero-order chi connectivity index (χ0) is 16.4. The van der Waals surface area contributed by atoms with Crippen LogP contribution in [0.1, 0.15) is 36.5 Å². The largest absolute Gasteiger partial charge is 0.458 e. The van der Waals surface area contributed by atoms with Crippen LogP contribution in [0.3, 0.4) is 0 Å². The molecule has 1 aromatic rings. The van der Waals surface area contributed by atoms with Gasteiger partial charge in [0.05, 0.1) is 12.2 Å². The van der Waals surface area contributed by atoms with Gasteiger partial charge in [-0.15, -0.1) is 0 Å². The van der Waals surface area contributed by atoms with Crippen LogP contribution >= 0.6 is 0 Å². The molecule has 0 spiro atoms. The first-order valence-corrected chi connectivity index (χ1v) is 7.15.